The first-order chi connectivity index (χ1) is 12.7. The van der Waals surface area contributed by atoms with Crippen molar-refractivity contribution in [2.45, 2.75) is 24.8 Å². The number of anilines is 1. The first-order valence-electron chi connectivity index (χ1n) is 8.74. The lowest BCUT2D eigenvalue weighted by Gasteiger charge is -2.43. The van der Waals surface area contributed by atoms with Crippen molar-refractivity contribution in [3.8, 4) is 11.3 Å². The van der Waals surface area contributed by atoms with Gasteiger partial charge in [-0.25, -0.2) is 0 Å². The zero-order valence-electron chi connectivity index (χ0n) is 14.4. The third kappa shape index (κ3) is 3.04. The van der Waals surface area contributed by atoms with Crippen molar-refractivity contribution in [1.29, 1.82) is 0 Å². The van der Waals surface area contributed by atoms with E-state index in [1.165, 1.54) is 12.0 Å². The van der Waals surface area contributed by atoms with Gasteiger partial charge in [-0.1, -0.05) is 42.5 Å². The average molecular weight is 344 g/mol. The van der Waals surface area contributed by atoms with Crippen LogP contribution in [0.3, 0.4) is 0 Å². The van der Waals surface area contributed by atoms with Gasteiger partial charge in [0.2, 0.25) is 5.91 Å². The molecule has 1 aliphatic rings. The molecule has 1 aliphatic carbocycles. The van der Waals surface area contributed by atoms with E-state index < -0.39 is 5.91 Å². The molecule has 1 fully saturated rings. The van der Waals surface area contributed by atoms with Gasteiger partial charge in [-0.15, -0.1) is 10.2 Å². The van der Waals surface area contributed by atoms with Crippen LogP contribution in [0.2, 0.25) is 0 Å². The Morgan fingerprint density at radius 3 is 2.38 bits per heavy atom. The van der Waals surface area contributed by atoms with Crippen molar-refractivity contribution in [3.63, 3.8) is 0 Å². The molecule has 0 saturated heterocycles. The third-order valence-electron chi connectivity index (χ3n) is 5.01. The van der Waals surface area contributed by atoms with Crippen LogP contribution in [0.5, 0.6) is 0 Å². The summed E-state index contributed by atoms with van der Waals surface area (Å²) in [7, 11) is 0. The Balaban J connectivity index is 1.57. The Bertz CT molecular complexity index is 918. The van der Waals surface area contributed by atoms with E-state index in [1.807, 2.05) is 24.3 Å². The maximum atomic E-state index is 11.3. The first kappa shape index (κ1) is 16.3. The van der Waals surface area contributed by atoms with Gasteiger partial charge in [-0.2, -0.15) is 0 Å². The largest absolute Gasteiger partial charge is 0.366 e. The smallest absolute Gasteiger partial charge is 0.248 e. The molecule has 0 bridgehead atoms. The van der Waals surface area contributed by atoms with E-state index in [0.717, 1.165) is 24.2 Å². The highest BCUT2D eigenvalue weighted by Crippen LogP contribution is 2.43. The van der Waals surface area contributed by atoms with Crippen molar-refractivity contribution in [2.24, 2.45) is 5.73 Å². The molecular weight excluding hydrogens is 324 g/mol. The number of amides is 1. The lowest BCUT2D eigenvalue weighted by Crippen LogP contribution is -2.42. The topological polar surface area (TPSA) is 80.9 Å². The molecule has 4 rings (SSSR count). The molecule has 5 nitrogen and oxygen atoms in total. The number of aromatic nitrogens is 2. The molecule has 2 aromatic carbocycles. The molecule has 0 spiro atoms. The highest BCUT2D eigenvalue weighted by atomic mass is 16.1. The zero-order valence-corrected chi connectivity index (χ0v) is 14.4. The van der Waals surface area contributed by atoms with Crippen LogP contribution in [0.1, 0.15) is 35.2 Å². The quantitative estimate of drug-likeness (QED) is 0.739. The Morgan fingerprint density at radius 1 is 0.962 bits per heavy atom. The summed E-state index contributed by atoms with van der Waals surface area (Å²) in [5, 5.41) is 12.2. The summed E-state index contributed by atoms with van der Waals surface area (Å²) in [5.74, 6) is 0.302. The monoisotopic (exact) mass is 344 g/mol. The number of nitrogens with one attached hydrogen (secondary N) is 1. The van der Waals surface area contributed by atoms with E-state index in [1.54, 1.807) is 18.2 Å². The Hall–Kier alpha value is -3.21. The number of benzene rings is 2. The number of hydrogen-bond acceptors (Lipinski definition) is 4. The summed E-state index contributed by atoms with van der Waals surface area (Å²) in [6, 6.07) is 21.4. The second-order valence-corrected chi connectivity index (χ2v) is 6.68. The number of nitrogens with two attached hydrogens (primary N) is 1. The lowest BCUT2D eigenvalue weighted by molar-refractivity contribution is 0.100. The maximum Gasteiger partial charge on any atom is 0.248 e. The summed E-state index contributed by atoms with van der Waals surface area (Å²) in [5.41, 5.74) is 8.57. The average Bonchev–Trinajstić information content (AvgIpc) is 2.66. The summed E-state index contributed by atoms with van der Waals surface area (Å²) < 4.78 is 0. The molecule has 1 saturated carbocycles. The van der Waals surface area contributed by atoms with Crippen LogP contribution in [0.25, 0.3) is 11.3 Å². The van der Waals surface area contributed by atoms with E-state index in [9.17, 15) is 4.79 Å². The third-order valence-corrected chi connectivity index (χ3v) is 5.01. The van der Waals surface area contributed by atoms with E-state index in [2.05, 4.69) is 39.8 Å². The minimum absolute atomic E-state index is 0.0522. The summed E-state index contributed by atoms with van der Waals surface area (Å²) in [6.45, 7) is 0. The fourth-order valence-corrected chi connectivity index (χ4v) is 3.40. The van der Waals surface area contributed by atoms with Crippen molar-refractivity contribution < 1.29 is 4.79 Å². The molecule has 0 unspecified atom stereocenters. The van der Waals surface area contributed by atoms with Gasteiger partial charge < -0.3 is 11.1 Å². The van der Waals surface area contributed by atoms with Gasteiger partial charge in [0.15, 0.2) is 0 Å². The number of carbonyl (C=O) groups is 1. The second-order valence-electron chi connectivity index (χ2n) is 6.68. The van der Waals surface area contributed by atoms with Crippen LogP contribution in [0.15, 0.2) is 66.7 Å². The van der Waals surface area contributed by atoms with Gasteiger partial charge in [0.25, 0.3) is 0 Å². The van der Waals surface area contributed by atoms with E-state index in [4.69, 9.17) is 5.73 Å². The Kier molecular flexibility index (Phi) is 4.13. The van der Waals surface area contributed by atoms with Crippen molar-refractivity contribution in [1.82, 2.24) is 10.2 Å². The van der Waals surface area contributed by atoms with Gasteiger partial charge in [-0.05, 0) is 49.1 Å². The predicted octanol–water partition coefficient (Wildman–Crippen LogP) is 3.73. The molecule has 26 heavy (non-hydrogen) atoms. The molecule has 3 N–H and O–H groups in total. The molecule has 130 valence electrons. The van der Waals surface area contributed by atoms with Crippen LogP contribution in [-0.2, 0) is 5.54 Å². The molecule has 0 atom stereocenters. The number of carbonyl (C=O) groups excluding carboxylic acids is 1. The lowest BCUT2D eigenvalue weighted by atomic mass is 9.72. The summed E-state index contributed by atoms with van der Waals surface area (Å²) in [6.07, 6.45) is 3.37. The molecule has 1 aromatic heterocycles. The molecule has 0 radical (unpaired) electrons. The van der Waals surface area contributed by atoms with Crippen LogP contribution in [-0.4, -0.2) is 16.1 Å². The standard InChI is InChI=1S/C21H20N4O/c22-20(26)16-7-4-6-15(14-16)18-10-11-19(25-24-18)23-21(12-5-13-21)17-8-2-1-3-9-17/h1-4,6-11,14H,5,12-13H2,(H2,22,26)(H,23,25). The van der Waals surface area contributed by atoms with Crippen molar-refractivity contribution >= 4 is 11.7 Å². The van der Waals surface area contributed by atoms with Crippen LogP contribution in [0, 0.1) is 0 Å². The van der Waals surface area contributed by atoms with Crippen LogP contribution < -0.4 is 11.1 Å². The summed E-state index contributed by atoms with van der Waals surface area (Å²) >= 11 is 0. The van der Waals surface area contributed by atoms with E-state index in [0.29, 0.717) is 11.3 Å². The second kappa shape index (κ2) is 6.59. The number of nitrogens with zero attached hydrogens (tertiary/aromatic N) is 2. The minimum atomic E-state index is -0.451. The van der Waals surface area contributed by atoms with E-state index in [-0.39, 0.29) is 5.54 Å². The van der Waals surface area contributed by atoms with Gasteiger partial charge in [0, 0.05) is 11.1 Å². The van der Waals surface area contributed by atoms with Crippen molar-refractivity contribution in [2.75, 3.05) is 5.32 Å². The van der Waals surface area contributed by atoms with E-state index >= 15 is 0 Å². The number of primary amides is 1. The van der Waals surface area contributed by atoms with Gasteiger partial charge in [0.05, 0.1) is 11.2 Å². The SMILES string of the molecule is NC(=O)c1cccc(-c2ccc(NC3(c4ccccc4)CCC3)nn2)c1. The molecule has 1 amide bonds. The normalized spacial score (nSPS) is 15.1. The van der Waals surface area contributed by atoms with Crippen molar-refractivity contribution in [3.05, 3.63) is 77.9 Å². The summed E-state index contributed by atoms with van der Waals surface area (Å²) in [4.78, 5) is 11.3. The van der Waals surface area contributed by atoms with Crippen LogP contribution >= 0.6 is 0 Å². The Labute approximate surface area is 152 Å². The van der Waals surface area contributed by atoms with Gasteiger partial charge in [0.1, 0.15) is 5.82 Å². The molecule has 1 heterocycles. The highest BCUT2D eigenvalue weighted by molar-refractivity contribution is 5.93. The van der Waals surface area contributed by atoms with Gasteiger partial charge in [-0.3, -0.25) is 4.79 Å². The minimum Gasteiger partial charge on any atom is -0.366 e. The number of hydrogen-bond donors (Lipinski definition) is 2. The predicted molar refractivity (Wildman–Crippen MR) is 102 cm³/mol. The fourth-order valence-electron chi connectivity index (χ4n) is 3.40. The van der Waals surface area contributed by atoms with Gasteiger partial charge >= 0.3 is 0 Å². The molecule has 0 aliphatic heterocycles. The zero-order chi connectivity index (χ0) is 18.0. The molecule has 5 heteroatoms. The first-order valence-corrected chi connectivity index (χ1v) is 8.74. The number of rotatable bonds is 5. The maximum absolute atomic E-state index is 11.3. The fraction of sp³-hybridized carbons (Fsp3) is 0.190. The Morgan fingerprint density at radius 2 is 1.77 bits per heavy atom. The van der Waals surface area contributed by atoms with Crippen LogP contribution in [0.4, 0.5) is 5.82 Å². The molecule has 3 aromatic rings. The highest BCUT2D eigenvalue weighted by Gasteiger charge is 2.38. The molecular formula is C21H20N4O.